The third-order valence-electron chi connectivity index (χ3n) is 2.16. The van der Waals surface area contributed by atoms with Crippen molar-refractivity contribution in [3.05, 3.63) is 45.5 Å². The van der Waals surface area contributed by atoms with E-state index in [-0.39, 0.29) is 0 Å². The van der Waals surface area contributed by atoms with Crippen molar-refractivity contribution in [2.45, 2.75) is 6.54 Å². The van der Waals surface area contributed by atoms with E-state index in [1.807, 2.05) is 19.2 Å². The first-order valence-electron chi connectivity index (χ1n) is 5.29. The first-order chi connectivity index (χ1) is 8.69. The molecule has 18 heavy (non-hydrogen) atoms. The molecule has 0 aliphatic carbocycles. The minimum absolute atomic E-state index is 0.416. The standard InChI is InChI=1S/C12H11BrClN3O/c1-15-7-9-3-5-12(17-16-9)18-11-4-2-8(13)6-10(11)14/h2-6,15H,7H2,1H3. The van der Waals surface area contributed by atoms with Crippen molar-refractivity contribution >= 4 is 27.5 Å². The highest BCUT2D eigenvalue weighted by atomic mass is 79.9. The highest BCUT2D eigenvalue weighted by Crippen LogP contribution is 2.30. The van der Waals surface area contributed by atoms with Crippen molar-refractivity contribution in [2.24, 2.45) is 0 Å². The van der Waals surface area contributed by atoms with Crippen molar-refractivity contribution < 1.29 is 4.74 Å². The molecule has 4 nitrogen and oxygen atoms in total. The van der Waals surface area contributed by atoms with Crippen LogP contribution in [-0.2, 0) is 6.54 Å². The smallest absolute Gasteiger partial charge is 0.238 e. The van der Waals surface area contributed by atoms with E-state index < -0.39 is 0 Å². The van der Waals surface area contributed by atoms with Gasteiger partial charge in [-0.25, -0.2) is 0 Å². The van der Waals surface area contributed by atoms with E-state index in [9.17, 15) is 0 Å². The molecule has 0 saturated carbocycles. The van der Waals surface area contributed by atoms with Crippen LogP contribution >= 0.6 is 27.5 Å². The molecule has 0 aliphatic heterocycles. The fourth-order valence-corrected chi connectivity index (χ4v) is 2.06. The minimum Gasteiger partial charge on any atom is -0.436 e. The Morgan fingerprint density at radius 1 is 1.28 bits per heavy atom. The van der Waals surface area contributed by atoms with Crippen LogP contribution in [0.3, 0.4) is 0 Å². The van der Waals surface area contributed by atoms with Crippen LogP contribution in [0.15, 0.2) is 34.8 Å². The fraction of sp³-hybridized carbons (Fsp3) is 0.167. The maximum atomic E-state index is 6.05. The van der Waals surface area contributed by atoms with Crippen LogP contribution in [0, 0.1) is 0 Å². The zero-order chi connectivity index (χ0) is 13.0. The van der Waals surface area contributed by atoms with Crippen molar-refractivity contribution in [2.75, 3.05) is 7.05 Å². The Morgan fingerprint density at radius 3 is 2.72 bits per heavy atom. The molecule has 1 heterocycles. The second-order valence-corrected chi connectivity index (χ2v) is 4.89. The quantitative estimate of drug-likeness (QED) is 0.934. The number of nitrogens with one attached hydrogen (secondary N) is 1. The lowest BCUT2D eigenvalue weighted by molar-refractivity contribution is 0.453. The van der Waals surface area contributed by atoms with E-state index in [0.717, 1.165) is 10.2 Å². The molecule has 0 aliphatic rings. The number of halogens is 2. The Labute approximate surface area is 118 Å². The molecule has 1 aromatic carbocycles. The number of nitrogens with zero attached hydrogens (tertiary/aromatic N) is 2. The summed E-state index contributed by atoms with van der Waals surface area (Å²) in [4.78, 5) is 0. The summed E-state index contributed by atoms with van der Waals surface area (Å²) in [6.07, 6.45) is 0. The number of ether oxygens (including phenoxy) is 1. The second-order valence-electron chi connectivity index (χ2n) is 3.57. The summed E-state index contributed by atoms with van der Waals surface area (Å²) < 4.78 is 6.45. The van der Waals surface area contributed by atoms with Gasteiger partial charge in [0, 0.05) is 17.1 Å². The predicted octanol–water partition coefficient (Wildman–Crippen LogP) is 3.40. The maximum Gasteiger partial charge on any atom is 0.238 e. The molecule has 0 fully saturated rings. The van der Waals surface area contributed by atoms with Gasteiger partial charge in [0.15, 0.2) is 0 Å². The topological polar surface area (TPSA) is 47.0 Å². The first-order valence-corrected chi connectivity index (χ1v) is 6.46. The number of hydrogen-bond donors (Lipinski definition) is 1. The number of aromatic nitrogens is 2. The van der Waals surface area contributed by atoms with E-state index in [1.54, 1.807) is 18.2 Å². The number of hydrogen-bond acceptors (Lipinski definition) is 4. The summed E-state index contributed by atoms with van der Waals surface area (Å²) in [7, 11) is 1.85. The molecule has 0 unspecified atom stereocenters. The minimum atomic E-state index is 0.416. The van der Waals surface area contributed by atoms with Crippen LogP contribution in [0.25, 0.3) is 0 Å². The van der Waals surface area contributed by atoms with Gasteiger partial charge < -0.3 is 10.1 Å². The van der Waals surface area contributed by atoms with Gasteiger partial charge in [0.1, 0.15) is 5.75 Å². The fourth-order valence-electron chi connectivity index (χ4n) is 1.35. The van der Waals surface area contributed by atoms with Crippen LogP contribution in [0.2, 0.25) is 5.02 Å². The highest BCUT2D eigenvalue weighted by molar-refractivity contribution is 9.10. The molecule has 0 saturated heterocycles. The number of rotatable bonds is 4. The Hall–Kier alpha value is -1.17. The zero-order valence-corrected chi connectivity index (χ0v) is 12.0. The van der Waals surface area contributed by atoms with Gasteiger partial charge in [0.2, 0.25) is 5.88 Å². The average Bonchev–Trinajstić information content (AvgIpc) is 2.35. The maximum absolute atomic E-state index is 6.05. The van der Waals surface area contributed by atoms with E-state index in [4.69, 9.17) is 16.3 Å². The van der Waals surface area contributed by atoms with Gasteiger partial charge in [-0.15, -0.1) is 5.10 Å². The van der Waals surface area contributed by atoms with E-state index in [0.29, 0.717) is 23.2 Å². The first kappa shape index (κ1) is 13.3. The summed E-state index contributed by atoms with van der Waals surface area (Å²) >= 11 is 9.38. The van der Waals surface area contributed by atoms with Crippen molar-refractivity contribution in [3.8, 4) is 11.6 Å². The molecule has 94 valence electrons. The van der Waals surface area contributed by atoms with Crippen LogP contribution in [0.5, 0.6) is 11.6 Å². The Bertz CT molecular complexity index is 533. The Balaban J connectivity index is 2.13. The monoisotopic (exact) mass is 327 g/mol. The van der Waals surface area contributed by atoms with Crippen LogP contribution < -0.4 is 10.1 Å². The summed E-state index contributed by atoms with van der Waals surface area (Å²) in [5.41, 5.74) is 0.853. The third-order valence-corrected chi connectivity index (χ3v) is 2.95. The molecule has 1 N–H and O–H groups in total. The molecule has 0 radical (unpaired) electrons. The second kappa shape index (κ2) is 6.13. The Morgan fingerprint density at radius 2 is 2.11 bits per heavy atom. The van der Waals surface area contributed by atoms with Crippen molar-refractivity contribution in [1.82, 2.24) is 15.5 Å². The normalized spacial score (nSPS) is 10.4. The molecule has 0 amide bonds. The summed E-state index contributed by atoms with van der Waals surface area (Å²) in [5, 5.41) is 11.5. The lowest BCUT2D eigenvalue weighted by atomic mass is 10.3. The summed E-state index contributed by atoms with van der Waals surface area (Å²) in [6, 6.07) is 9.00. The molecule has 0 spiro atoms. The van der Waals surface area contributed by atoms with Crippen LogP contribution in [0.1, 0.15) is 5.69 Å². The molecular formula is C12H11BrClN3O. The van der Waals surface area contributed by atoms with Crippen molar-refractivity contribution in [1.29, 1.82) is 0 Å². The molecule has 0 bridgehead atoms. The molecule has 6 heteroatoms. The van der Waals surface area contributed by atoms with Crippen molar-refractivity contribution in [3.63, 3.8) is 0 Å². The summed E-state index contributed by atoms with van der Waals surface area (Å²) in [6.45, 7) is 0.673. The summed E-state index contributed by atoms with van der Waals surface area (Å²) in [5.74, 6) is 0.967. The van der Waals surface area contributed by atoms with Gasteiger partial charge in [-0.05, 0) is 31.3 Å². The van der Waals surface area contributed by atoms with Crippen LogP contribution in [0.4, 0.5) is 0 Å². The largest absolute Gasteiger partial charge is 0.436 e. The Kier molecular flexibility index (Phi) is 4.52. The predicted molar refractivity (Wildman–Crippen MR) is 74.0 cm³/mol. The van der Waals surface area contributed by atoms with Gasteiger partial charge in [-0.2, -0.15) is 5.10 Å². The molecule has 1 aromatic heterocycles. The van der Waals surface area contributed by atoms with E-state index in [1.165, 1.54) is 0 Å². The van der Waals surface area contributed by atoms with Gasteiger partial charge in [0.25, 0.3) is 0 Å². The van der Waals surface area contributed by atoms with Gasteiger partial charge >= 0.3 is 0 Å². The lowest BCUT2D eigenvalue weighted by Crippen LogP contribution is -2.07. The average molecular weight is 329 g/mol. The van der Waals surface area contributed by atoms with Gasteiger partial charge in [0.05, 0.1) is 10.7 Å². The van der Waals surface area contributed by atoms with Gasteiger partial charge in [-0.3, -0.25) is 0 Å². The lowest BCUT2D eigenvalue weighted by Gasteiger charge is -2.06. The highest BCUT2D eigenvalue weighted by Gasteiger charge is 2.05. The third kappa shape index (κ3) is 3.41. The zero-order valence-electron chi connectivity index (χ0n) is 9.65. The van der Waals surface area contributed by atoms with E-state index in [2.05, 4.69) is 31.4 Å². The van der Waals surface area contributed by atoms with Crippen LogP contribution in [-0.4, -0.2) is 17.2 Å². The molecular weight excluding hydrogens is 318 g/mol. The van der Waals surface area contributed by atoms with E-state index >= 15 is 0 Å². The van der Waals surface area contributed by atoms with Gasteiger partial charge in [-0.1, -0.05) is 27.5 Å². The molecule has 0 atom stereocenters. The molecule has 2 rings (SSSR count). The number of benzene rings is 1. The SMILES string of the molecule is CNCc1ccc(Oc2ccc(Br)cc2Cl)nn1. The molecule has 2 aromatic rings.